The first kappa shape index (κ1) is 9.33. The normalized spacial score (nSPS) is 35.8. The van der Waals surface area contributed by atoms with Crippen LogP contribution in [0.1, 0.15) is 27.2 Å². The lowest BCUT2D eigenvalue weighted by Gasteiger charge is -2.33. The summed E-state index contributed by atoms with van der Waals surface area (Å²) in [5.74, 6) is 0.625. The summed E-state index contributed by atoms with van der Waals surface area (Å²) in [5, 5.41) is 9.51. The van der Waals surface area contributed by atoms with Crippen LogP contribution < -0.4 is 5.73 Å². The first-order chi connectivity index (χ1) is 5.49. The van der Waals surface area contributed by atoms with E-state index in [0.717, 1.165) is 12.0 Å². The molecule has 0 spiro atoms. The van der Waals surface area contributed by atoms with Gasteiger partial charge in [-0.2, -0.15) is 0 Å². The largest absolute Gasteiger partial charge is 0.508 e. The Morgan fingerprint density at radius 1 is 1.67 bits per heavy atom. The number of hydrogen-bond donors (Lipinski definition) is 2. The SMILES string of the molecule is CCC1=C(O)C=CC(C)(N)C1C. The van der Waals surface area contributed by atoms with Crippen LogP contribution in [0.25, 0.3) is 0 Å². The lowest BCUT2D eigenvalue weighted by Crippen LogP contribution is -2.43. The summed E-state index contributed by atoms with van der Waals surface area (Å²) in [6.45, 7) is 6.08. The van der Waals surface area contributed by atoms with Crippen LogP contribution >= 0.6 is 0 Å². The molecular formula is C10H17NO. The van der Waals surface area contributed by atoms with E-state index in [9.17, 15) is 5.11 Å². The highest BCUT2D eigenvalue weighted by Crippen LogP contribution is 2.31. The zero-order valence-corrected chi connectivity index (χ0v) is 7.96. The highest BCUT2D eigenvalue weighted by Gasteiger charge is 2.30. The number of rotatable bonds is 1. The molecule has 0 heterocycles. The van der Waals surface area contributed by atoms with Crippen molar-refractivity contribution < 1.29 is 5.11 Å². The van der Waals surface area contributed by atoms with E-state index in [0.29, 0.717) is 5.76 Å². The van der Waals surface area contributed by atoms with Gasteiger partial charge >= 0.3 is 0 Å². The molecule has 0 fully saturated rings. The fourth-order valence-electron chi connectivity index (χ4n) is 1.59. The molecule has 1 rings (SSSR count). The summed E-state index contributed by atoms with van der Waals surface area (Å²) in [5.41, 5.74) is 6.77. The van der Waals surface area contributed by atoms with Crippen LogP contribution in [0.2, 0.25) is 0 Å². The number of aliphatic hydroxyl groups is 1. The van der Waals surface area contributed by atoms with Gasteiger partial charge in [-0.25, -0.2) is 0 Å². The Balaban J connectivity index is 3.02. The van der Waals surface area contributed by atoms with E-state index >= 15 is 0 Å². The van der Waals surface area contributed by atoms with Crippen molar-refractivity contribution in [2.24, 2.45) is 11.7 Å². The van der Waals surface area contributed by atoms with Gasteiger partial charge in [0.15, 0.2) is 0 Å². The third-order valence-electron chi connectivity index (χ3n) is 2.77. The van der Waals surface area contributed by atoms with Crippen molar-refractivity contribution in [3.05, 3.63) is 23.5 Å². The Kier molecular flexibility index (Phi) is 2.29. The summed E-state index contributed by atoms with van der Waals surface area (Å²) < 4.78 is 0. The lowest BCUT2D eigenvalue weighted by molar-refractivity contribution is 0.360. The predicted octanol–water partition coefficient (Wildman–Crippen LogP) is 2.13. The topological polar surface area (TPSA) is 46.2 Å². The molecule has 0 aliphatic heterocycles. The second-order valence-electron chi connectivity index (χ2n) is 3.69. The quantitative estimate of drug-likeness (QED) is 0.628. The maximum absolute atomic E-state index is 9.51. The summed E-state index contributed by atoms with van der Waals surface area (Å²) >= 11 is 0. The number of allylic oxidation sites excluding steroid dienone is 1. The molecule has 12 heavy (non-hydrogen) atoms. The lowest BCUT2D eigenvalue weighted by atomic mass is 9.77. The zero-order valence-electron chi connectivity index (χ0n) is 7.96. The van der Waals surface area contributed by atoms with Crippen LogP contribution in [0.5, 0.6) is 0 Å². The average molecular weight is 167 g/mol. The highest BCUT2D eigenvalue weighted by molar-refractivity contribution is 5.32. The van der Waals surface area contributed by atoms with E-state index in [1.165, 1.54) is 0 Å². The van der Waals surface area contributed by atoms with Crippen molar-refractivity contribution in [1.29, 1.82) is 0 Å². The third kappa shape index (κ3) is 1.39. The molecule has 2 heteroatoms. The average Bonchev–Trinajstić information content (AvgIpc) is 2.00. The molecule has 0 radical (unpaired) electrons. The van der Waals surface area contributed by atoms with E-state index in [1.807, 2.05) is 19.9 Å². The Hall–Kier alpha value is -0.760. The van der Waals surface area contributed by atoms with E-state index in [2.05, 4.69) is 6.92 Å². The van der Waals surface area contributed by atoms with Crippen molar-refractivity contribution >= 4 is 0 Å². The minimum atomic E-state index is -0.308. The minimum absolute atomic E-state index is 0.229. The van der Waals surface area contributed by atoms with E-state index in [-0.39, 0.29) is 11.5 Å². The van der Waals surface area contributed by atoms with E-state index in [4.69, 9.17) is 5.73 Å². The Labute approximate surface area is 73.8 Å². The van der Waals surface area contributed by atoms with Crippen LogP contribution in [0.15, 0.2) is 23.5 Å². The first-order valence-electron chi connectivity index (χ1n) is 4.39. The maximum atomic E-state index is 9.51. The van der Waals surface area contributed by atoms with Gasteiger partial charge in [-0.05, 0) is 25.0 Å². The van der Waals surface area contributed by atoms with Gasteiger partial charge in [-0.15, -0.1) is 0 Å². The van der Waals surface area contributed by atoms with Crippen molar-refractivity contribution in [3.8, 4) is 0 Å². The molecular weight excluding hydrogens is 150 g/mol. The van der Waals surface area contributed by atoms with Crippen molar-refractivity contribution in [2.45, 2.75) is 32.7 Å². The molecule has 0 saturated heterocycles. The van der Waals surface area contributed by atoms with Crippen molar-refractivity contribution in [3.63, 3.8) is 0 Å². The van der Waals surface area contributed by atoms with Gasteiger partial charge in [-0.1, -0.05) is 19.9 Å². The van der Waals surface area contributed by atoms with Crippen LogP contribution in [0, 0.1) is 5.92 Å². The number of nitrogens with two attached hydrogens (primary N) is 1. The van der Waals surface area contributed by atoms with Gasteiger partial charge in [-0.3, -0.25) is 0 Å². The van der Waals surface area contributed by atoms with Crippen LogP contribution in [-0.2, 0) is 0 Å². The zero-order chi connectivity index (χ0) is 9.35. The summed E-state index contributed by atoms with van der Waals surface area (Å²) in [4.78, 5) is 0. The molecule has 2 atom stereocenters. The standard InChI is InChI=1S/C10H17NO/c1-4-8-7(2)10(3,11)6-5-9(8)12/h5-7,12H,4,11H2,1-3H3. The molecule has 68 valence electrons. The van der Waals surface area contributed by atoms with Gasteiger partial charge in [0, 0.05) is 11.5 Å². The van der Waals surface area contributed by atoms with E-state index in [1.54, 1.807) is 6.08 Å². The molecule has 0 aromatic carbocycles. The van der Waals surface area contributed by atoms with Gasteiger partial charge in [0.1, 0.15) is 5.76 Å². The second-order valence-corrected chi connectivity index (χ2v) is 3.69. The van der Waals surface area contributed by atoms with Gasteiger partial charge in [0.2, 0.25) is 0 Å². The predicted molar refractivity (Wildman–Crippen MR) is 50.8 cm³/mol. The molecule has 0 bridgehead atoms. The van der Waals surface area contributed by atoms with Crippen molar-refractivity contribution in [2.75, 3.05) is 0 Å². The summed E-state index contributed by atoms with van der Waals surface area (Å²) in [7, 11) is 0. The van der Waals surface area contributed by atoms with Crippen LogP contribution in [-0.4, -0.2) is 10.6 Å². The molecule has 0 aromatic heterocycles. The highest BCUT2D eigenvalue weighted by atomic mass is 16.3. The molecule has 0 saturated carbocycles. The summed E-state index contributed by atoms with van der Waals surface area (Å²) in [6, 6.07) is 0. The Morgan fingerprint density at radius 3 is 2.67 bits per heavy atom. The van der Waals surface area contributed by atoms with Gasteiger partial charge in [0.05, 0.1) is 0 Å². The number of aliphatic hydroxyl groups excluding tert-OH is 1. The van der Waals surface area contributed by atoms with Crippen molar-refractivity contribution in [1.82, 2.24) is 0 Å². The molecule has 0 aromatic rings. The van der Waals surface area contributed by atoms with E-state index < -0.39 is 0 Å². The molecule has 1 aliphatic carbocycles. The first-order valence-corrected chi connectivity index (χ1v) is 4.39. The van der Waals surface area contributed by atoms with Crippen LogP contribution in [0.4, 0.5) is 0 Å². The molecule has 3 N–H and O–H groups in total. The summed E-state index contributed by atoms with van der Waals surface area (Å²) in [6.07, 6.45) is 4.44. The Bertz CT molecular complexity index is 238. The molecule has 0 amide bonds. The Morgan fingerprint density at radius 2 is 2.25 bits per heavy atom. The molecule has 2 nitrogen and oxygen atoms in total. The monoisotopic (exact) mass is 167 g/mol. The number of hydrogen-bond acceptors (Lipinski definition) is 2. The van der Waals surface area contributed by atoms with Gasteiger partial charge in [0.25, 0.3) is 0 Å². The fraction of sp³-hybridized carbons (Fsp3) is 0.600. The third-order valence-corrected chi connectivity index (χ3v) is 2.77. The molecule has 2 unspecified atom stereocenters. The minimum Gasteiger partial charge on any atom is -0.508 e. The molecule has 1 aliphatic rings. The second kappa shape index (κ2) is 2.94. The van der Waals surface area contributed by atoms with Crippen LogP contribution in [0.3, 0.4) is 0 Å². The fourth-order valence-corrected chi connectivity index (χ4v) is 1.59. The smallest absolute Gasteiger partial charge is 0.114 e. The van der Waals surface area contributed by atoms with Gasteiger partial charge < -0.3 is 10.8 Å². The maximum Gasteiger partial charge on any atom is 0.114 e.